The van der Waals surface area contributed by atoms with Crippen molar-refractivity contribution in [3.05, 3.63) is 20.3 Å². The molecule has 0 aromatic carbocycles. The zero-order valence-corrected chi connectivity index (χ0v) is 9.62. The van der Waals surface area contributed by atoms with Gasteiger partial charge in [-0.05, 0) is 28.9 Å². The molecule has 0 bridgehead atoms. The van der Waals surface area contributed by atoms with E-state index in [0.717, 1.165) is 4.88 Å². The summed E-state index contributed by atoms with van der Waals surface area (Å²) < 4.78 is 0.692. The number of carbonyl (C=O) groups is 1. The first kappa shape index (κ1) is 11.6. The summed E-state index contributed by atoms with van der Waals surface area (Å²) in [5.74, 6) is -0.878. The maximum absolute atomic E-state index is 10.4. The van der Waals surface area contributed by atoms with Crippen molar-refractivity contribution in [2.24, 2.45) is 0 Å². The molecule has 0 saturated carbocycles. The fourth-order valence-electron chi connectivity index (χ4n) is 0.632. The third-order valence-electron chi connectivity index (χ3n) is 1.04. The van der Waals surface area contributed by atoms with Crippen LogP contribution in [0.25, 0.3) is 0 Å². The molecule has 4 heteroatoms. The summed E-state index contributed by atoms with van der Waals surface area (Å²) >= 11 is 4.59. The summed E-state index contributed by atoms with van der Waals surface area (Å²) in [6.45, 7) is 5.88. The van der Waals surface area contributed by atoms with Crippen LogP contribution in [0.4, 0.5) is 0 Å². The zero-order chi connectivity index (χ0) is 9.72. The second-order valence-corrected chi connectivity index (χ2v) is 4.42. The Balaban J connectivity index is 0.000000561. The molecular formula is C8H11BrO2S. The van der Waals surface area contributed by atoms with Crippen LogP contribution in [-0.4, -0.2) is 11.1 Å². The van der Waals surface area contributed by atoms with Gasteiger partial charge in [-0.3, -0.25) is 0 Å². The van der Waals surface area contributed by atoms with Gasteiger partial charge in [0.05, 0.1) is 9.35 Å². The van der Waals surface area contributed by atoms with Crippen molar-refractivity contribution in [2.75, 3.05) is 0 Å². The van der Waals surface area contributed by atoms with Crippen molar-refractivity contribution in [1.82, 2.24) is 0 Å². The van der Waals surface area contributed by atoms with Crippen molar-refractivity contribution in [1.29, 1.82) is 0 Å². The Morgan fingerprint density at radius 3 is 2.25 bits per heavy atom. The summed E-state index contributed by atoms with van der Waals surface area (Å²) in [5.41, 5.74) is 0.350. The van der Waals surface area contributed by atoms with Crippen LogP contribution < -0.4 is 0 Å². The average Bonchev–Trinajstić information content (AvgIpc) is 2.34. The number of hydrogen-bond donors (Lipinski definition) is 1. The second-order valence-electron chi connectivity index (χ2n) is 1.85. The topological polar surface area (TPSA) is 37.3 Å². The number of carboxylic acids is 1. The minimum atomic E-state index is -0.878. The smallest absolute Gasteiger partial charge is 0.337 e. The van der Waals surface area contributed by atoms with E-state index in [1.165, 1.54) is 11.3 Å². The van der Waals surface area contributed by atoms with E-state index in [9.17, 15) is 4.79 Å². The van der Waals surface area contributed by atoms with E-state index in [4.69, 9.17) is 5.11 Å². The molecule has 0 aliphatic rings. The van der Waals surface area contributed by atoms with Gasteiger partial charge in [0.1, 0.15) is 0 Å². The molecular weight excluding hydrogens is 240 g/mol. The summed E-state index contributed by atoms with van der Waals surface area (Å²) in [5, 5.41) is 8.56. The first-order valence-corrected chi connectivity index (χ1v) is 5.21. The number of aromatic carboxylic acids is 1. The molecule has 0 fully saturated rings. The van der Waals surface area contributed by atoms with Gasteiger partial charge < -0.3 is 5.11 Å². The van der Waals surface area contributed by atoms with Gasteiger partial charge in [-0.25, -0.2) is 4.79 Å². The maximum atomic E-state index is 10.4. The normalized spacial score (nSPS) is 8.67. The first-order valence-electron chi connectivity index (χ1n) is 3.60. The van der Waals surface area contributed by atoms with Gasteiger partial charge in [0.2, 0.25) is 0 Å². The molecule has 0 amide bonds. The Kier molecular flexibility index (Phi) is 5.17. The van der Waals surface area contributed by atoms with Crippen LogP contribution in [0.5, 0.6) is 0 Å². The molecule has 1 heterocycles. The summed E-state index contributed by atoms with van der Waals surface area (Å²) in [6.07, 6.45) is 0. The molecule has 68 valence electrons. The minimum absolute atomic E-state index is 0.350. The number of thiophene rings is 1. The van der Waals surface area contributed by atoms with Crippen LogP contribution in [0.1, 0.15) is 29.1 Å². The quantitative estimate of drug-likeness (QED) is 0.828. The van der Waals surface area contributed by atoms with E-state index in [0.29, 0.717) is 9.35 Å². The lowest BCUT2D eigenvalue weighted by Gasteiger charge is -1.84. The van der Waals surface area contributed by atoms with E-state index in [2.05, 4.69) is 15.9 Å². The van der Waals surface area contributed by atoms with Gasteiger partial charge in [0.15, 0.2) is 0 Å². The van der Waals surface area contributed by atoms with Gasteiger partial charge in [-0.1, -0.05) is 13.8 Å². The van der Waals surface area contributed by atoms with E-state index in [1.54, 1.807) is 6.07 Å². The Bertz CT molecular complexity index is 268. The summed E-state index contributed by atoms with van der Waals surface area (Å²) in [4.78, 5) is 11.4. The SMILES string of the molecule is CC.Cc1cc(C(=O)O)c(Br)s1. The van der Waals surface area contributed by atoms with Gasteiger partial charge in [-0.15, -0.1) is 11.3 Å². The van der Waals surface area contributed by atoms with Gasteiger partial charge >= 0.3 is 5.97 Å². The van der Waals surface area contributed by atoms with Crippen LogP contribution in [-0.2, 0) is 0 Å². The highest BCUT2D eigenvalue weighted by Gasteiger charge is 2.10. The van der Waals surface area contributed by atoms with E-state index in [-0.39, 0.29) is 0 Å². The van der Waals surface area contributed by atoms with Crippen LogP contribution >= 0.6 is 27.3 Å². The molecule has 0 aliphatic heterocycles. The molecule has 0 spiro atoms. The maximum Gasteiger partial charge on any atom is 0.337 e. The highest BCUT2D eigenvalue weighted by atomic mass is 79.9. The third-order valence-corrected chi connectivity index (χ3v) is 2.79. The number of carboxylic acid groups (broad SMARTS) is 1. The Morgan fingerprint density at radius 1 is 1.58 bits per heavy atom. The molecule has 0 saturated heterocycles. The number of rotatable bonds is 1. The van der Waals surface area contributed by atoms with Crippen LogP contribution in [0, 0.1) is 6.92 Å². The van der Waals surface area contributed by atoms with Crippen molar-refractivity contribution >= 4 is 33.2 Å². The molecule has 0 unspecified atom stereocenters. The number of halogens is 1. The molecule has 0 radical (unpaired) electrons. The lowest BCUT2D eigenvalue weighted by molar-refractivity contribution is 0.0696. The fourth-order valence-corrected chi connectivity index (χ4v) is 2.40. The predicted molar refractivity (Wildman–Crippen MR) is 55.1 cm³/mol. The van der Waals surface area contributed by atoms with E-state index < -0.39 is 5.97 Å². The fraction of sp³-hybridized carbons (Fsp3) is 0.375. The van der Waals surface area contributed by atoms with E-state index in [1.807, 2.05) is 20.8 Å². The van der Waals surface area contributed by atoms with E-state index >= 15 is 0 Å². The molecule has 12 heavy (non-hydrogen) atoms. The molecule has 2 nitrogen and oxygen atoms in total. The highest BCUT2D eigenvalue weighted by Crippen LogP contribution is 2.27. The van der Waals surface area contributed by atoms with Crippen LogP contribution in [0.3, 0.4) is 0 Å². The lowest BCUT2D eigenvalue weighted by Crippen LogP contribution is -1.92. The standard InChI is InChI=1S/C6H5BrO2S.C2H6/c1-3-2-4(6(8)9)5(7)10-3;1-2/h2H,1H3,(H,8,9);1-2H3. The van der Waals surface area contributed by atoms with Gasteiger partial charge in [-0.2, -0.15) is 0 Å². The molecule has 1 rings (SSSR count). The molecule has 1 aromatic heterocycles. The predicted octanol–water partition coefficient (Wildman–Crippen LogP) is 3.54. The van der Waals surface area contributed by atoms with Crippen molar-refractivity contribution < 1.29 is 9.90 Å². The average molecular weight is 251 g/mol. The largest absolute Gasteiger partial charge is 0.478 e. The Labute approximate surface area is 84.4 Å². The minimum Gasteiger partial charge on any atom is -0.478 e. The highest BCUT2D eigenvalue weighted by molar-refractivity contribution is 9.11. The molecule has 1 aromatic rings. The zero-order valence-electron chi connectivity index (χ0n) is 7.22. The summed E-state index contributed by atoms with van der Waals surface area (Å²) in [7, 11) is 0. The molecule has 0 aliphatic carbocycles. The van der Waals surface area contributed by atoms with Crippen LogP contribution in [0.2, 0.25) is 0 Å². The van der Waals surface area contributed by atoms with Gasteiger partial charge in [0.25, 0.3) is 0 Å². The Morgan fingerprint density at radius 2 is 2.08 bits per heavy atom. The number of hydrogen-bond acceptors (Lipinski definition) is 2. The first-order chi connectivity index (χ1) is 5.61. The van der Waals surface area contributed by atoms with Crippen LogP contribution in [0.15, 0.2) is 9.85 Å². The van der Waals surface area contributed by atoms with Crippen molar-refractivity contribution in [3.63, 3.8) is 0 Å². The van der Waals surface area contributed by atoms with Crippen molar-refractivity contribution in [2.45, 2.75) is 20.8 Å². The second kappa shape index (κ2) is 5.32. The Hall–Kier alpha value is -0.350. The molecule has 1 N–H and O–H groups in total. The lowest BCUT2D eigenvalue weighted by atomic mass is 10.3. The van der Waals surface area contributed by atoms with Gasteiger partial charge in [0, 0.05) is 4.88 Å². The molecule has 0 atom stereocenters. The monoisotopic (exact) mass is 250 g/mol. The van der Waals surface area contributed by atoms with Crippen molar-refractivity contribution in [3.8, 4) is 0 Å². The summed E-state index contributed by atoms with van der Waals surface area (Å²) in [6, 6.07) is 1.65. The number of aryl methyl sites for hydroxylation is 1. The third kappa shape index (κ3) is 2.95.